The number of nitrogens with zero attached hydrogens (tertiary/aromatic N) is 3. The number of aryl methyl sites for hydroxylation is 1. The van der Waals surface area contributed by atoms with E-state index < -0.39 is 10.0 Å². The van der Waals surface area contributed by atoms with Crippen molar-refractivity contribution in [2.75, 3.05) is 26.2 Å². The minimum absolute atomic E-state index is 0.179. The molecule has 0 unspecified atom stereocenters. The molecule has 27 heavy (non-hydrogen) atoms. The predicted molar refractivity (Wildman–Crippen MR) is 99.9 cm³/mol. The number of amides is 1. The lowest BCUT2D eigenvalue weighted by molar-refractivity contribution is 0.0656. The zero-order chi connectivity index (χ0) is 19.0. The third-order valence-corrected chi connectivity index (χ3v) is 6.62. The van der Waals surface area contributed by atoms with Gasteiger partial charge < -0.3 is 9.42 Å². The molecule has 1 aliphatic rings. The number of piperazine rings is 1. The zero-order valence-electron chi connectivity index (χ0n) is 14.8. The number of carbonyl (C=O) groups is 1. The number of fused-ring (bicyclic) bond motifs is 1. The summed E-state index contributed by atoms with van der Waals surface area (Å²) in [6, 6.07) is 14.4. The molecule has 1 aromatic heterocycles. The van der Waals surface area contributed by atoms with E-state index >= 15 is 0 Å². The number of aromatic nitrogens is 1. The zero-order valence-corrected chi connectivity index (χ0v) is 15.6. The van der Waals surface area contributed by atoms with Gasteiger partial charge in [0.1, 0.15) is 0 Å². The second-order valence-electron chi connectivity index (χ2n) is 6.54. The fourth-order valence-electron chi connectivity index (χ4n) is 3.23. The molecule has 7 nitrogen and oxygen atoms in total. The van der Waals surface area contributed by atoms with Crippen LogP contribution in [-0.2, 0) is 10.0 Å². The van der Waals surface area contributed by atoms with E-state index in [4.69, 9.17) is 4.52 Å². The molecular weight excluding hydrogens is 366 g/mol. The Morgan fingerprint density at radius 3 is 2.37 bits per heavy atom. The van der Waals surface area contributed by atoms with Gasteiger partial charge in [0.05, 0.1) is 10.6 Å². The van der Waals surface area contributed by atoms with Gasteiger partial charge in [0.2, 0.25) is 15.8 Å². The number of carbonyl (C=O) groups excluding carboxylic acids is 1. The molecule has 1 amide bonds. The minimum atomic E-state index is -3.60. The fraction of sp³-hybridized carbons (Fsp3) is 0.263. The van der Waals surface area contributed by atoms with Gasteiger partial charge in [-0.2, -0.15) is 4.31 Å². The summed E-state index contributed by atoms with van der Waals surface area (Å²) in [5.41, 5.74) is 0.635. The van der Waals surface area contributed by atoms with Crippen LogP contribution in [0.15, 0.2) is 57.9 Å². The van der Waals surface area contributed by atoms with E-state index in [1.165, 1.54) is 4.31 Å². The van der Waals surface area contributed by atoms with Gasteiger partial charge in [-0.05, 0) is 29.8 Å². The van der Waals surface area contributed by atoms with Crippen LogP contribution in [0.4, 0.5) is 0 Å². The van der Waals surface area contributed by atoms with Crippen molar-refractivity contribution >= 4 is 26.7 Å². The van der Waals surface area contributed by atoms with Crippen molar-refractivity contribution in [1.29, 1.82) is 0 Å². The van der Waals surface area contributed by atoms with Crippen molar-refractivity contribution in [1.82, 2.24) is 14.4 Å². The van der Waals surface area contributed by atoms with Crippen molar-refractivity contribution in [3.05, 3.63) is 60.0 Å². The maximum absolute atomic E-state index is 13.0. The van der Waals surface area contributed by atoms with Gasteiger partial charge in [-0.3, -0.25) is 4.79 Å². The van der Waals surface area contributed by atoms with Crippen molar-refractivity contribution in [2.24, 2.45) is 0 Å². The third kappa shape index (κ3) is 3.33. The van der Waals surface area contributed by atoms with E-state index in [0.717, 1.165) is 10.8 Å². The van der Waals surface area contributed by atoms with Crippen molar-refractivity contribution < 1.29 is 17.7 Å². The molecule has 1 fully saturated rings. The first-order valence-corrected chi connectivity index (χ1v) is 10.1. The molecule has 0 atom stereocenters. The number of benzene rings is 2. The maximum atomic E-state index is 13.0. The highest BCUT2D eigenvalue weighted by Gasteiger charge is 2.31. The molecule has 2 heterocycles. The van der Waals surface area contributed by atoms with Crippen molar-refractivity contribution in [3.63, 3.8) is 0 Å². The van der Waals surface area contributed by atoms with E-state index in [1.54, 1.807) is 30.0 Å². The van der Waals surface area contributed by atoms with Crippen LogP contribution in [0.1, 0.15) is 16.2 Å². The van der Waals surface area contributed by atoms with Crippen LogP contribution in [-0.4, -0.2) is 54.9 Å². The van der Waals surface area contributed by atoms with Crippen LogP contribution in [0.5, 0.6) is 0 Å². The monoisotopic (exact) mass is 385 g/mol. The van der Waals surface area contributed by atoms with E-state index in [-0.39, 0.29) is 29.7 Å². The van der Waals surface area contributed by atoms with E-state index in [9.17, 15) is 13.2 Å². The summed E-state index contributed by atoms with van der Waals surface area (Å²) >= 11 is 0. The summed E-state index contributed by atoms with van der Waals surface area (Å²) < 4.78 is 32.4. The second-order valence-corrected chi connectivity index (χ2v) is 8.48. The van der Waals surface area contributed by atoms with Crippen molar-refractivity contribution in [3.8, 4) is 0 Å². The first-order valence-electron chi connectivity index (χ1n) is 8.67. The molecule has 0 N–H and O–H groups in total. The second kappa shape index (κ2) is 6.79. The Morgan fingerprint density at radius 1 is 1.00 bits per heavy atom. The lowest BCUT2D eigenvalue weighted by atomic mass is 10.1. The molecule has 0 spiro atoms. The highest BCUT2D eigenvalue weighted by atomic mass is 32.2. The molecule has 1 saturated heterocycles. The summed E-state index contributed by atoms with van der Waals surface area (Å²) in [6.45, 7) is 2.85. The smallest absolute Gasteiger partial charge is 0.292 e. The van der Waals surface area contributed by atoms with Gasteiger partial charge in [0.15, 0.2) is 0 Å². The summed E-state index contributed by atoms with van der Waals surface area (Å²) in [6.07, 6.45) is 0. The first kappa shape index (κ1) is 17.7. The summed E-state index contributed by atoms with van der Waals surface area (Å²) in [5.74, 6) is -0.0864. The number of sulfonamides is 1. The largest absolute Gasteiger partial charge is 0.351 e. The standard InChI is InChI=1S/C19H19N3O4S/c1-14-12-18(26-20-14)19(23)21-8-10-22(11-9-21)27(24,25)17-7-6-15-4-2-3-5-16(15)13-17/h2-7,12-13H,8-11H2,1H3. The van der Waals surface area contributed by atoms with Gasteiger partial charge in [-0.1, -0.05) is 35.5 Å². The van der Waals surface area contributed by atoms with Gasteiger partial charge in [0.25, 0.3) is 5.91 Å². The van der Waals surface area contributed by atoms with E-state index in [1.807, 2.05) is 30.3 Å². The maximum Gasteiger partial charge on any atom is 0.292 e. The van der Waals surface area contributed by atoms with Gasteiger partial charge in [-0.25, -0.2) is 8.42 Å². The Kier molecular flexibility index (Phi) is 4.45. The van der Waals surface area contributed by atoms with E-state index in [2.05, 4.69) is 5.16 Å². The molecule has 3 aromatic rings. The molecule has 0 bridgehead atoms. The molecule has 140 valence electrons. The summed E-state index contributed by atoms with van der Waals surface area (Å²) in [5, 5.41) is 5.60. The van der Waals surface area contributed by atoms with E-state index in [0.29, 0.717) is 18.8 Å². The van der Waals surface area contributed by atoms with Crippen LogP contribution in [0.2, 0.25) is 0 Å². The Morgan fingerprint density at radius 2 is 1.70 bits per heavy atom. The van der Waals surface area contributed by atoms with Crippen molar-refractivity contribution in [2.45, 2.75) is 11.8 Å². The van der Waals surface area contributed by atoms with Gasteiger partial charge >= 0.3 is 0 Å². The molecule has 1 aliphatic heterocycles. The molecule has 0 radical (unpaired) electrons. The fourth-order valence-corrected chi connectivity index (χ4v) is 4.69. The Bertz CT molecular complexity index is 1100. The Labute approximate surface area is 157 Å². The average molecular weight is 385 g/mol. The number of hydrogen-bond acceptors (Lipinski definition) is 5. The van der Waals surface area contributed by atoms with Gasteiger partial charge in [0, 0.05) is 32.2 Å². The number of rotatable bonds is 3. The third-order valence-electron chi connectivity index (χ3n) is 4.72. The summed E-state index contributed by atoms with van der Waals surface area (Å²) in [7, 11) is -3.60. The Hall–Kier alpha value is -2.71. The SMILES string of the molecule is Cc1cc(C(=O)N2CCN(S(=O)(=O)c3ccc4ccccc4c3)CC2)on1. The lowest BCUT2D eigenvalue weighted by Crippen LogP contribution is -2.50. The highest BCUT2D eigenvalue weighted by molar-refractivity contribution is 7.89. The van der Waals surface area contributed by atoms with Crippen LogP contribution < -0.4 is 0 Å². The lowest BCUT2D eigenvalue weighted by Gasteiger charge is -2.33. The summed E-state index contributed by atoms with van der Waals surface area (Å²) in [4.78, 5) is 14.3. The average Bonchev–Trinajstić information content (AvgIpc) is 3.13. The van der Waals surface area contributed by atoms with Crippen LogP contribution in [0.25, 0.3) is 10.8 Å². The highest BCUT2D eigenvalue weighted by Crippen LogP contribution is 2.23. The van der Waals surface area contributed by atoms with Crippen LogP contribution >= 0.6 is 0 Å². The topological polar surface area (TPSA) is 83.7 Å². The molecule has 0 saturated carbocycles. The Balaban J connectivity index is 1.50. The number of hydrogen-bond donors (Lipinski definition) is 0. The van der Waals surface area contributed by atoms with Crippen LogP contribution in [0, 0.1) is 6.92 Å². The molecular formula is C19H19N3O4S. The molecule has 0 aliphatic carbocycles. The molecule has 4 rings (SSSR count). The predicted octanol–water partition coefficient (Wildman–Crippen LogP) is 2.28. The molecule has 8 heteroatoms. The quantitative estimate of drug-likeness (QED) is 0.691. The first-order chi connectivity index (χ1) is 12.9. The van der Waals surface area contributed by atoms with Crippen LogP contribution in [0.3, 0.4) is 0 Å². The minimum Gasteiger partial charge on any atom is -0.351 e. The van der Waals surface area contributed by atoms with Gasteiger partial charge in [-0.15, -0.1) is 0 Å². The normalized spacial score (nSPS) is 16.0. The molecule has 2 aromatic carbocycles.